The van der Waals surface area contributed by atoms with Crippen molar-refractivity contribution in [3.8, 4) is 0 Å². The second kappa shape index (κ2) is 30.8. The minimum Gasteiger partial charge on any atom is -0.453 e. The van der Waals surface area contributed by atoms with E-state index < -0.39 is 158 Å². The molecular formula is C64H91N4O19P. The van der Waals surface area contributed by atoms with Crippen molar-refractivity contribution in [2.45, 2.75) is 205 Å². The number of nitrogens with one attached hydrogen (secondary N) is 2. The number of esters is 1. The fourth-order valence-electron chi connectivity index (χ4n) is 12.8. The number of ketones is 1. The number of carbonyl (C=O) groups is 5. The molecule has 11 unspecified atom stereocenters. The van der Waals surface area contributed by atoms with Crippen LogP contribution < -0.4 is 22.1 Å². The minimum absolute atomic E-state index is 0.0737. The second-order valence-corrected chi connectivity index (χ2v) is 24.8. The molecule has 0 aromatic heterocycles. The number of Topliss-reactive ketones (excluding diaryl/α,β-unsaturated/α-hetero) is 1. The molecule has 0 aliphatic carbocycles. The number of benzene rings is 3. The van der Waals surface area contributed by atoms with E-state index in [4.69, 9.17) is 73.0 Å². The van der Waals surface area contributed by atoms with Crippen molar-refractivity contribution >= 4 is 38.9 Å². The van der Waals surface area contributed by atoms with Crippen LogP contribution in [-0.2, 0) is 89.2 Å². The molecule has 0 spiro atoms. The maximum atomic E-state index is 13.7. The summed E-state index contributed by atoms with van der Waals surface area (Å²) in [6.07, 6.45) is -18.9. The van der Waals surface area contributed by atoms with E-state index in [1.807, 2.05) is 81.4 Å². The molecule has 26 atom stereocenters. The molecule has 5 aliphatic heterocycles. The second-order valence-electron chi connectivity index (χ2n) is 24.4. The van der Waals surface area contributed by atoms with E-state index in [2.05, 4.69) is 28.4 Å². The van der Waals surface area contributed by atoms with Gasteiger partial charge in [0.1, 0.15) is 31.4 Å². The van der Waals surface area contributed by atoms with Gasteiger partial charge >= 0.3 is 12.1 Å². The van der Waals surface area contributed by atoms with Gasteiger partial charge in [-0.25, -0.2) is 9.59 Å². The molecule has 3 aromatic carbocycles. The van der Waals surface area contributed by atoms with Gasteiger partial charge < -0.3 is 88.8 Å². The summed E-state index contributed by atoms with van der Waals surface area (Å²) in [5.41, 5.74) is 11.2. The molecule has 5 saturated heterocycles. The summed E-state index contributed by atoms with van der Waals surface area (Å²) in [4.78, 5) is 65.6. The summed E-state index contributed by atoms with van der Waals surface area (Å²) in [7, 11) is 2.56. The van der Waals surface area contributed by atoms with Gasteiger partial charge in [-0.05, 0) is 68.7 Å². The van der Waals surface area contributed by atoms with Crippen LogP contribution in [0, 0.1) is 35.5 Å². The first-order valence-corrected chi connectivity index (χ1v) is 31.2. The van der Waals surface area contributed by atoms with E-state index in [0.29, 0.717) is 12.2 Å². The summed E-state index contributed by atoms with van der Waals surface area (Å²) in [6.45, 7) is 19.4. The zero-order chi connectivity index (χ0) is 64.6. The standard InChI is InChI=1S/C64H91N4O19P/c1-32-33(2)52(76-28-43-23-17-13-18-24-43)61(80-45(32)29-75-27-42-21-15-12-16-22-42)77-30-46-51(37(6)48(68-41(10)70)60(81-46)86-54-40(9)78-56(57(65)71)64(11,74)55(54)87-63(66)73)85-59-47(67-31-88)36(5)50(39(8)79-59)84-62-53(35(4)34(3)49(83-62)38(7)69)82-58(72)44-25-19-14-20-26-44/h12-26,32-37,39-40,45-56,59-62,67,74H,27-31,88H2,1-11H3,(H2,65,71)(H2,66,73)(H,68,70)/t32-,33-,34+,35-,36+,37+,39?,40-,45?,46?,47?,48?,49?,50-,51-,52?,53?,54?,55+,56?,59-,60-,61+,62-,64-/m0/s1/i/hT. The molecule has 486 valence electrons. The molecule has 24 heteroatoms. The first-order chi connectivity index (χ1) is 42.3. The predicted molar refractivity (Wildman–Crippen MR) is 321 cm³/mol. The van der Waals surface area contributed by atoms with Crippen LogP contribution in [0.4, 0.5) is 4.79 Å². The highest BCUT2D eigenvalue weighted by Gasteiger charge is 2.60. The summed E-state index contributed by atoms with van der Waals surface area (Å²) in [5, 5.41) is 16.2. The van der Waals surface area contributed by atoms with Crippen molar-refractivity contribution in [3.05, 3.63) is 108 Å². The molecule has 23 nitrogen and oxygen atoms in total. The van der Waals surface area contributed by atoms with Crippen molar-refractivity contribution in [3.63, 3.8) is 0 Å². The van der Waals surface area contributed by atoms with Crippen LogP contribution in [0.25, 0.3) is 0 Å². The predicted octanol–water partition coefficient (Wildman–Crippen LogP) is 5.29. The Morgan fingerprint density at radius 2 is 1.15 bits per heavy atom. The Bertz CT molecular complexity index is 2800. The highest BCUT2D eigenvalue weighted by atomic mass is 31.0. The first kappa shape index (κ1) is 67.3. The van der Waals surface area contributed by atoms with Crippen LogP contribution in [0.15, 0.2) is 91.0 Å². The molecule has 88 heavy (non-hydrogen) atoms. The third kappa shape index (κ3) is 16.3. The Morgan fingerprint density at radius 3 is 1.75 bits per heavy atom. The monoisotopic (exact) mass is 1250 g/mol. The van der Waals surface area contributed by atoms with Gasteiger partial charge in [-0.2, -0.15) is 0 Å². The lowest BCUT2D eigenvalue weighted by Gasteiger charge is -2.52. The molecule has 0 bridgehead atoms. The number of aliphatic hydroxyl groups is 1. The maximum Gasteiger partial charge on any atom is 0.404 e. The number of nitrogens with two attached hydrogens (primary N) is 2. The Labute approximate surface area is 519 Å². The molecule has 7 N–H and O–H groups in total. The zero-order valence-corrected chi connectivity index (χ0v) is 53.2. The van der Waals surface area contributed by atoms with E-state index in [0.717, 1.165) is 11.1 Å². The largest absolute Gasteiger partial charge is 0.453 e. The van der Waals surface area contributed by atoms with Gasteiger partial charge in [0.2, 0.25) is 11.8 Å². The topological polar surface area (TPSA) is 302 Å². The van der Waals surface area contributed by atoms with E-state index in [-0.39, 0.29) is 49.6 Å². The normalized spacial score (nSPS) is 38.7. The highest BCUT2D eigenvalue weighted by molar-refractivity contribution is 7.16. The molecule has 8 rings (SSSR count). The van der Waals surface area contributed by atoms with E-state index in [9.17, 15) is 30.5 Å². The summed E-state index contributed by atoms with van der Waals surface area (Å²) < 4.78 is 95.1. The lowest BCUT2D eigenvalue weighted by molar-refractivity contribution is -0.358. The molecule has 5 aliphatic rings. The molecule has 5 heterocycles. The lowest BCUT2D eigenvalue weighted by atomic mass is 9.81. The molecular weight excluding hydrogens is 1160 g/mol. The fourth-order valence-corrected chi connectivity index (χ4v) is 13.0. The van der Waals surface area contributed by atoms with Gasteiger partial charge in [0, 0.05) is 31.0 Å². The quantitative estimate of drug-likeness (QED) is 0.0562. The summed E-state index contributed by atoms with van der Waals surface area (Å²) >= 11 is 0. The minimum atomic E-state index is -2.29. The lowest BCUT2D eigenvalue weighted by Crippen LogP contribution is -2.71. The molecule has 0 saturated carbocycles. The third-order valence-corrected chi connectivity index (χ3v) is 18.3. The fraction of sp³-hybridized carbons (Fsp3) is 0.641. The molecule has 3 aromatic rings. The van der Waals surface area contributed by atoms with Crippen LogP contribution in [-0.4, -0.2) is 170 Å². The smallest absolute Gasteiger partial charge is 0.404 e. The zero-order valence-electron chi connectivity index (χ0n) is 53.0. The SMILES string of the molecule is [3H]N(CP)C1[C@H](O[C@@H]2C(CO[C@@H]3OC(COCc4ccccc4)[C@@H](C)[C@H](C)C3OCc3ccccc3)O[C@@H](OC3[C@H](C)OC(C(N)=O)[C@@](C)(O)[C@@H]3OC(N)=O)C(NC(C)=O)[C@H]2C)OC(C)[C@@H](O[C@@H]2OC(C(C)=O)[C@H](C)[C@H](C)C2OC(=O)c2ccccc2)[C@@H]1C. The summed E-state index contributed by atoms with van der Waals surface area (Å²) in [6, 6.07) is 26.0. The van der Waals surface area contributed by atoms with Gasteiger partial charge in [0.05, 0.1) is 74.6 Å². The van der Waals surface area contributed by atoms with E-state index in [1.54, 1.807) is 44.2 Å². The summed E-state index contributed by atoms with van der Waals surface area (Å²) in [5.74, 6) is -4.74. The van der Waals surface area contributed by atoms with Crippen molar-refractivity contribution < 1.29 is 92.1 Å². The number of rotatable bonds is 24. The number of primary amides is 2. The number of hydrogen-bond acceptors (Lipinski definition) is 20. The van der Waals surface area contributed by atoms with Crippen LogP contribution >= 0.6 is 9.24 Å². The maximum absolute atomic E-state index is 13.7. The van der Waals surface area contributed by atoms with Gasteiger partial charge in [-0.1, -0.05) is 120 Å². The average molecular weight is 1250 g/mol. The number of hydrogen-bond donors (Lipinski definition) is 5. The van der Waals surface area contributed by atoms with Crippen LogP contribution in [0.3, 0.4) is 0 Å². The molecule has 0 radical (unpaired) electrons. The number of carbonyl (C=O) groups excluding carboxylic acids is 5. The highest BCUT2D eigenvalue weighted by Crippen LogP contribution is 2.42. The van der Waals surface area contributed by atoms with Crippen LogP contribution in [0.1, 0.15) is 97.6 Å². The Morgan fingerprint density at radius 1 is 0.591 bits per heavy atom. The van der Waals surface area contributed by atoms with Crippen molar-refractivity contribution in [2.24, 2.45) is 47.0 Å². The molecule has 3 amide bonds. The Balaban J connectivity index is 1.13. The first-order valence-electron chi connectivity index (χ1n) is 30.8. The van der Waals surface area contributed by atoms with Crippen LogP contribution in [0.5, 0.6) is 0 Å². The Hall–Kier alpha value is -5.08. The molecule has 5 fully saturated rings. The van der Waals surface area contributed by atoms with Crippen molar-refractivity contribution in [2.75, 3.05) is 19.5 Å². The van der Waals surface area contributed by atoms with Crippen LogP contribution in [0.2, 0.25) is 1.41 Å². The third-order valence-electron chi connectivity index (χ3n) is 18.1. The van der Waals surface area contributed by atoms with Gasteiger partial charge in [0.15, 0.2) is 49.3 Å². The van der Waals surface area contributed by atoms with Gasteiger partial charge in [-0.15, -0.1) is 9.24 Å². The Kier molecular flexibility index (Phi) is 23.6. The van der Waals surface area contributed by atoms with E-state index in [1.165, 1.54) is 33.0 Å². The van der Waals surface area contributed by atoms with Crippen molar-refractivity contribution in [1.82, 2.24) is 10.6 Å². The number of ether oxygens (including phenoxy) is 13. The van der Waals surface area contributed by atoms with Gasteiger partial charge in [0.25, 0.3) is 0 Å². The average Bonchev–Trinajstić information content (AvgIpc) is 1.16. The van der Waals surface area contributed by atoms with Crippen molar-refractivity contribution in [1.29, 1.82) is 0 Å². The van der Waals surface area contributed by atoms with Gasteiger partial charge in [-0.3, -0.25) is 14.4 Å². The van der Waals surface area contributed by atoms with E-state index >= 15 is 0 Å². The number of amides is 3.